The van der Waals surface area contributed by atoms with Crippen LogP contribution in [0.15, 0.2) is 24.4 Å². The predicted molar refractivity (Wildman–Crippen MR) is 76.6 cm³/mol. The first kappa shape index (κ1) is 16.8. The molecule has 0 saturated heterocycles. The molecule has 3 heteroatoms. The zero-order chi connectivity index (χ0) is 12.8. The number of hydrogen-bond acceptors (Lipinski definition) is 3. The van der Waals surface area contributed by atoms with Gasteiger partial charge in [0.15, 0.2) is 5.78 Å². The highest BCUT2D eigenvalue weighted by atomic mass is 16.1. The second-order valence-electron chi connectivity index (χ2n) is 4.96. The Morgan fingerprint density at radius 3 is 2.39 bits per heavy atom. The van der Waals surface area contributed by atoms with Gasteiger partial charge >= 0.3 is 0 Å². The molecular formula is C15H26N2O. The number of aromatic nitrogens is 1. The molecule has 102 valence electrons. The lowest BCUT2D eigenvalue weighted by molar-refractivity contribution is -0.124. The van der Waals surface area contributed by atoms with E-state index in [0.29, 0.717) is 12.5 Å². The summed E-state index contributed by atoms with van der Waals surface area (Å²) >= 11 is 0. The maximum atomic E-state index is 12.1. The van der Waals surface area contributed by atoms with Crippen LogP contribution in [0.3, 0.4) is 0 Å². The van der Waals surface area contributed by atoms with Crippen molar-refractivity contribution in [3.8, 4) is 0 Å². The molecule has 3 nitrogen and oxygen atoms in total. The predicted octanol–water partition coefficient (Wildman–Crippen LogP) is 2.85. The Bertz CT molecular complexity index is 347. The van der Waals surface area contributed by atoms with E-state index < -0.39 is 0 Å². The van der Waals surface area contributed by atoms with Gasteiger partial charge in [-0.2, -0.15) is 0 Å². The molecule has 0 aliphatic carbocycles. The third-order valence-electron chi connectivity index (χ3n) is 2.59. The number of carbonyl (C=O) groups is 1. The normalized spacial score (nSPS) is 12.3. The number of carbonyl (C=O) groups excluding carboxylic acids is 1. The first-order chi connectivity index (χ1) is 8.00. The van der Waals surface area contributed by atoms with Gasteiger partial charge in [0.1, 0.15) is 0 Å². The van der Waals surface area contributed by atoms with Crippen LogP contribution in [0.5, 0.6) is 0 Å². The zero-order valence-electron chi connectivity index (χ0n) is 11.1. The molecule has 1 aromatic rings. The minimum Gasteiger partial charge on any atom is -0.305 e. The molecule has 1 aromatic heterocycles. The van der Waals surface area contributed by atoms with E-state index >= 15 is 0 Å². The Balaban J connectivity index is 0.00000289. The molecule has 0 amide bonds. The molecule has 1 heterocycles. The highest BCUT2D eigenvalue weighted by Crippen LogP contribution is 2.07. The SMILES string of the molecule is C.CC(C)NC(Cc1ccccn1)C(=O)C(C)C. The Morgan fingerprint density at radius 2 is 1.94 bits per heavy atom. The van der Waals surface area contributed by atoms with Crippen molar-refractivity contribution in [2.75, 3.05) is 0 Å². The number of rotatable bonds is 6. The summed E-state index contributed by atoms with van der Waals surface area (Å²) in [6, 6.07) is 5.96. The van der Waals surface area contributed by atoms with Gasteiger partial charge in [-0.1, -0.05) is 41.2 Å². The fourth-order valence-electron chi connectivity index (χ4n) is 1.77. The maximum absolute atomic E-state index is 12.1. The van der Waals surface area contributed by atoms with E-state index in [1.54, 1.807) is 6.20 Å². The first-order valence-corrected chi connectivity index (χ1v) is 6.20. The molecule has 1 unspecified atom stereocenters. The number of hydrogen-bond donors (Lipinski definition) is 1. The number of pyridine rings is 1. The summed E-state index contributed by atoms with van der Waals surface area (Å²) in [7, 11) is 0. The molecule has 18 heavy (non-hydrogen) atoms. The minimum atomic E-state index is -0.134. The fourth-order valence-corrected chi connectivity index (χ4v) is 1.77. The highest BCUT2D eigenvalue weighted by molar-refractivity contribution is 5.86. The largest absolute Gasteiger partial charge is 0.305 e. The van der Waals surface area contributed by atoms with E-state index in [2.05, 4.69) is 24.1 Å². The van der Waals surface area contributed by atoms with Crippen LogP contribution in [0.1, 0.15) is 40.8 Å². The van der Waals surface area contributed by atoms with Crippen molar-refractivity contribution in [2.24, 2.45) is 5.92 Å². The Kier molecular flexibility index (Phi) is 7.44. The molecule has 0 saturated carbocycles. The molecule has 1 atom stereocenters. The van der Waals surface area contributed by atoms with Crippen molar-refractivity contribution in [1.29, 1.82) is 0 Å². The van der Waals surface area contributed by atoms with Crippen LogP contribution in [0.4, 0.5) is 0 Å². The van der Waals surface area contributed by atoms with Crippen LogP contribution in [0.2, 0.25) is 0 Å². The monoisotopic (exact) mass is 250 g/mol. The van der Waals surface area contributed by atoms with E-state index in [-0.39, 0.29) is 25.2 Å². The van der Waals surface area contributed by atoms with Crippen molar-refractivity contribution < 1.29 is 4.79 Å². The second kappa shape index (κ2) is 7.98. The summed E-state index contributed by atoms with van der Waals surface area (Å²) in [4.78, 5) is 16.4. The van der Waals surface area contributed by atoms with Gasteiger partial charge in [-0.25, -0.2) is 0 Å². The van der Waals surface area contributed by atoms with Gasteiger partial charge in [0.2, 0.25) is 0 Å². The number of nitrogens with zero attached hydrogens (tertiary/aromatic N) is 1. The molecule has 0 fully saturated rings. The first-order valence-electron chi connectivity index (χ1n) is 6.20. The standard InChI is InChI=1S/C14H22N2O.CH4/c1-10(2)14(17)13(16-11(3)4)9-12-7-5-6-8-15-12;/h5-8,10-11,13,16H,9H2,1-4H3;1H4. The lowest BCUT2D eigenvalue weighted by Crippen LogP contribution is -2.44. The average Bonchev–Trinajstić information content (AvgIpc) is 2.28. The van der Waals surface area contributed by atoms with E-state index in [0.717, 1.165) is 5.69 Å². The number of Topliss-reactive ketones (excluding diaryl/α,β-unsaturated/α-hetero) is 1. The van der Waals surface area contributed by atoms with Crippen LogP contribution in [-0.4, -0.2) is 22.9 Å². The van der Waals surface area contributed by atoms with Crippen LogP contribution in [0.25, 0.3) is 0 Å². The van der Waals surface area contributed by atoms with E-state index in [1.807, 2.05) is 32.0 Å². The molecule has 0 aliphatic rings. The minimum absolute atomic E-state index is 0. The third kappa shape index (κ3) is 5.41. The molecule has 0 spiro atoms. The molecule has 1 rings (SSSR count). The summed E-state index contributed by atoms with van der Waals surface area (Å²) < 4.78 is 0. The van der Waals surface area contributed by atoms with Crippen molar-refractivity contribution in [1.82, 2.24) is 10.3 Å². The van der Waals surface area contributed by atoms with E-state index in [4.69, 9.17) is 0 Å². The Hall–Kier alpha value is -1.22. The molecular weight excluding hydrogens is 224 g/mol. The van der Waals surface area contributed by atoms with Crippen molar-refractivity contribution >= 4 is 5.78 Å². The van der Waals surface area contributed by atoms with Crippen LogP contribution in [-0.2, 0) is 11.2 Å². The van der Waals surface area contributed by atoms with Gasteiger partial charge < -0.3 is 5.32 Å². The fraction of sp³-hybridized carbons (Fsp3) is 0.600. The van der Waals surface area contributed by atoms with Gasteiger partial charge in [0.05, 0.1) is 6.04 Å². The summed E-state index contributed by atoms with van der Waals surface area (Å²) in [5.41, 5.74) is 0.958. The molecule has 0 bridgehead atoms. The molecule has 0 aliphatic heterocycles. The van der Waals surface area contributed by atoms with Gasteiger partial charge in [-0.05, 0) is 12.1 Å². The highest BCUT2D eigenvalue weighted by Gasteiger charge is 2.22. The average molecular weight is 250 g/mol. The van der Waals surface area contributed by atoms with E-state index in [1.165, 1.54) is 0 Å². The summed E-state index contributed by atoms with van der Waals surface area (Å²) in [6.07, 6.45) is 2.43. The topological polar surface area (TPSA) is 42.0 Å². The molecule has 0 aromatic carbocycles. The van der Waals surface area contributed by atoms with E-state index in [9.17, 15) is 4.79 Å². The summed E-state index contributed by atoms with van der Waals surface area (Å²) in [5, 5.41) is 3.32. The number of ketones is 1. The van der Waals surface area contributed by atoms with Crippen molar-refractivity contribution in [3.05, 3.63) is 30.1 Å². The van der Waals surface area contributed by atoms with Crippen LogP contribution in [0, 0.1) is 5.92 Å². The quantitative estimate of drug-likeness (QED) is 0.844. The van der Waals surface area contributed by atoms with Gasteiger partial charge in [0, 0.05) is 30.3 Å². The van der Waals surface area contributed by atoms with Gasteiger partial charge in [-0.15, -0.1) is 0 Å². The zero-order valence-corrected chi connectivity index (χ0v) is 11.1. The summed E-state index contributed by atoms with van der Waals surface area (Å²) in [5.74, 6) is 0.305. The molecule has 1 N–H and O–H groups in total. The lowest BCUT2D eigenvalue weighted by atomic mass is 9.97. The van der Waals surface area contributed by atoms with Gasteiger partial charge in [-0.3, -0.25) is 9.78 Å². The van der Waals surface area contributed by atoms with Crippen LogP contribution < -0.4 is 5.32 Å². The maximum Gasteiger partial charge on any atom is 0.152 e. The van der Waals surface area contributed by atoms with Gasteiger partial charge in [0.25, 0.3) is 0 Å². The van der Waals surface area contributed by atoms with Crippen LogP contribution >= 0.6 is 0 Å². The Labute approximate surface area is 111 Å². The van der Waals surface area contributed by atoms with Crippen molar-refractivity contribution in [2.45, 2.75) is 53.6 Å². The number of nitrogens with one attached hydrogen (secondary N) is 1. The summed E-state index contributed by atoms with van der Waals surface area (Å²) in [6.45, 7) is 7.99. The smallest absolute Gasteiger partial charge is 0.152 e. The Morgan fingerprint density at radius 1 is 1.28 bits per heavy atom. The molecule has 0 radical (unpaired) electrons. The van der Waals surface area contributed by atoms with Crippen molar-refractivity contribution in [3.63, 3.8) is 0 Å². The lowest BCUT2D eigenvalue weighted by Gasteiger charge is -2.21. The second-order valence-corrected chi connectivity index (χ2v) is 4.96. The third-order valence-corrected chi connectivity index (χ3v) is 2.59.